The smallest absolute Gasteiger partial charge is 0.326 e. The maximum absolute atomic E-state index is 11.1. The SMILES string of the molecule is Cc1cc(Br)ccc1NC(C(=O)O)C1CC1. The number of aryl methyl sites for hydroxylation is 1. The minimum absolute atomic E-state index is 0.292. The Labute approximate surface area is 103 Å². The fraction of sp³-hybridized carbons (Fsp3) is 0.417. The molecule has 2 rings (SSSR count). The van der Waals surface area contributed by atoms with Gasteiger partial charge in [0, 0.05) is 10.2 Å². The number of benzene rings is 1. The van der Waals surface area contributed by atoms with Crippen LogP contribution in [0, 0.1) is 12.8 Å². The van der Waals surface area contributed by atoms with Gasteiger partial charge in [0.25, 0.3) is 0 Å². The molecule has 1 aromatic carbocycles. The first kappa shape index (κ1) is 11.5. The van der Waals surface area contributed by atoms with Gasteiger partial charge in [-0.05, 0) is 49.4 Å². The Morgan fingerprint density at radius 3 is 2.75 bits per heavy atom. The predicted octanol–water partition coefficient (Wildman–Crippen LogP) is 3.03. The van der Waals surface area contributed by atoms with Gasteiger partial charge < -0.3 is 10.4 Å². The molecule has 1 saturated carbocycles. The summed E-state index contributed by atoms with van der Waals surface area (Å²) >= 11 is 3.39. The molecule has 1 aliphatic rings. The Bertz CT molecular complexity index is 415. The van der Waals surface area contributed by atoms with E-state index in [1.807, 2.05) is 25.1 Å². The molecule has 0 aromatic heterocycles. The second kappa shape index (κ2) is 4.45. The van der Waals surface area contributed by atoms with E-state index in [2.05, 4.69) is 21.2 Å². The van der Waals surface area contributed by atoms with Gasteiger partial charge in [0.15, 0.2) is 0 Å². The summed E-state index contributed by atoms with van der Waals surface area (Å²) in [4.78, 5) is 11.1. The van der Waals surface area contributed by atoms with Crippen molar-refractivity contribution in [3.8, 4) is 0 Å². The van der Waals surface area contributed by atoms with Crippen molar-refractivity contribution in [2.45, 2.75) is 25.8 Å². The van der Waals surface area contributed by atoms with Gasteiger partial charge in [-0.15, -0.1) is 0 Å². The Morgan fingerprint density at radius 1 is 1.56 bits per heavy atom. The molecule has 0 bridgehead atoms. The minimum Gasteiger partial charge on any atom is -0.480 e. The Kier molecular flexibility index (Phi) is 3.19. The first-order valence-corrected chi connectivity index (χ1v) is 6.12. The molecule has 0 saturated heterocycles. The van der Waals surface area contributed by atoms with Crippen molar-refractivity contribution in [2.75, 3.05) is 5.32 Å². The number of carbonyl (C=O) groups is 1. The van der Waals surface area contributed by atoms with Crippen molar-refractivity contribution < 1.29 is 9.90 Å². The van der Waals surface area contributed by atoms with E-state index in [1.165, 1.54) is 0 Å². The highest BCUT2D eigenvalue weighted by Crippen LogP contribution is 2.35. The van der Waals surface area contributed by atoms with E-state index < -0.39 is 12.0 Å². The zero-order valence-electron chi connectivity index (χ0n) is 9.03. The number of hydrogen-bond donors (Lipinski definition) is 2. The fourth-order valence-electron chi connectivity index (χ4n) is 1.77. The van der Waals surface area contributed by atoms with E-state index in [0.29, 0.717) is 5.92 Å². The molecule has 1 aliphatic carbocycles. The van der Waals surface area contributed by atoms with Crippen molar-refractivity contribution in [3.05, 3.63) is 28.2 Å². The van der Waals surface area contributed by atoms with E-state index in [-0.39, 0.29) is 0 Å². The topological polar surface area (TPSA) is 49.3 Å². The van der Waals surface area contributed by atoms with Crippen LogP contribution in [0.3, 0.4) is 0 Å². The van der Waals surface area contributed by atoms with Gasteiger partial charge in [0.05, 0.1) is 0 Å². The third-order valence-electron chi connectivity index (χ3n) is 2.86. The molecule has 0 heterocycles. The molecule has 4 heteroatoms. The fourth-order valence-corrected chi connectivity index (χ4v) is 2.24. The third-order valence-corrected chi connectivity index (χ3v) is 3.35. The summed E-state index contributed by atoms with van der Waals surface area (Å²) in [5.74, 6) is -0.467. The Balaban J connectivity index is 2.15. The normalized spacial score (nSPS) is 16.9. The zero-order chi connectivity index (χ0) is 11.7. The first-order valence-electron chi connectivity index (χ1n) is 5.33. The summed E-state index contributed by atoms with van der Waals surface area (Å²) in [7, 11) is 0. The average Bonchev–Trinajstić information content (AvgIpc) is 2.99. The van der Waals surface area contributed by atoms with Crippen LogP contribution in [0.2, 0.25) is 0 Å². The third kappa shape index (κ3) is 2.55. The van der Waals surface area contributed by atoms with Crippen LogP contribution in [-0.2, 0) is 4.79 Å². The van der Waals surface area contributed by atoms with Crippen molar-refractivity contribution in [3.63, 3.8) is 0 Å². The quantitative estimate of drug-likeness (QED) is 0.893. The van der Waals surface area contributed by atoms with Gasteiger partial charge in [-0.1, -0.05) is 15.9 Å². The van der Waals surface area contributed by atoms with E-state index in [1.54, 1.807) is 0 Å². The zero-order valence-corrected chi connectivity index (χ0v) is 10.6. The number of hydrogen-bond acceptors (Lipinski definition) is 2. The van der Waals surface area contributed by atoms with Gasteiger partial charge >= 0.3 is 5.97 Å². The van der Waals surface area contributed by atoms with Gasteiger partial charge in [-0.2, -0.15) is 0 Å². The van der Waals surface area contributed by atoms with Crippen LogP contribution in [0.25, 0.3) is 0 Å². The highest BCUT2D eigenvalue weighted by atomic mass is 79.9. The number of rotatable bonds is 4. The molecule has 2 N–H and O–H groups in total. The lowest BCUT2D eigenvalue weighted by atomic mass is 10.1. The number of anilines is 1. The van der Waals surface area contributed by atoms with E-state index >= 15 is 0 Å². The van der Waals surface area contributed by atoms with E-state index in [4.69, 9.17) is 5.11 Å². The molecule has 0 aliphatic heterocycles. The Morgan fingerprint density at radius 2 is 2.25 bits per heavy atom. The summed E-state index contributed by atoms with van der Waals surface area (Å²) in [5.41, 5.74) is 1.96. The van der Waals surface area contributed by atoms with Crippen molar-refractivity contribution in [2.24, 2.45) is 5.92 Å². The minimum atomic E-state index is -0.759. The second-order valence-corrected chi connectivity index (χ2v) is 5.17. The summed E-state index contributed by atoms with van der Waals surface area (Å²) < 4.78 is 1.01. The molecule has 1 unspecified atom stereocenters. The molecule has 1 atom stereocenters. The van der Waals surface area contributed by atoms with Crippen LogP contribution < -0.4 is 5.32 Å². The lowest BCUT2D eigenvalue weighted by Crippen LogP contribution is -2.31. The number of nitrogens with one attached hydrogen (secondary N) is 1. The predicted molar refractivity (Wildman–Crippen MR) is 66.6 cm³/mol. The maximum atomic E-state index is 11.1. The largest absolute Gasteiger partial charge is 0.480 e. The monoisotopic (exact) mass is 283 g/mol. The van der Waals surface area contributed by atoms with Crippen molar-refractivity contribution in [1.82, 2.24) is 0 Å². The average molecular weight is 284 g/mol. The molecule has 0 amide bonds. The molecule has 0 radical (unpaired) electrons. The first-order chi connectivity index (χ1) is 7.58. The summed E-state index contributed by atoms with van der Waals surface area (Å²) in [6.07, 6.45) is 2.03. The lowest BCUT2D eigenvalue weighted by Gasteiger charge is -2.16. The van der Waals surface area contributed by atoms with Crippen LogP contribution in [0.4, 0.5) is 5.69 Å². The molecule has 16 heavy (non-hydrogen) atoms. The number of carboxylic acids is 1. The molecule has 86 valence electrons. The van der Waals surface area contributed by atoms with Crippen LogP contribution in [0.1, 0.15) is 18.4 Å². The maximum Gasteiger partial charge on any atom is 0.326 e. The van der Waals surface area contributed by atoms with Crippen molar-refractivity contribution >= 4 is 27.6 Å². The number of aliphatic carboxylic acids is 1. The standard InChI is InChI=1S/C12H14BrNO2/c1-7-6-9(13)4-5-10(7)14-11(12(15)16)8-2-3-8/h4-6,8,11,14H,2-3H2,1H3,(H,15,16). The van der Waals surface area contributed by atoms with Gasteiger partial charge in [-0.3, -0.25) is 0 Å². The Hall–Kier alpha value is -1.03. The highest BCUT2D eigenvalue weighted by Gasteiger charge is 2.36. The molecule has 1 fully saturated rings. The van der Waals surface area contributed by atoms with Crippen LogP contribution in [0.5, 0.6) is 0 Å². The molecular formula is C12H14BrNO2. The molecule has 3 nitrogen and oxygen atoms in total. The van der Waals surface area contributed by atoms with Crippen LogP contribution >= 0.6 is 15.9 Å². The number of carboxylic acid groups (broad SMARTS) is 1. The van der Waals surface area contributed by atoms with Crippen LogP contribution in [0.15, 0.2) is 22.7 Å². The van der Waals surface area contributed by atoms with Gasteiger partial charge in [-0.25, -0.2) is 4.79 Å². The van der Waals surface area contributed by atoms with E-state index in [9.17, 15) is 4.79 Å². The van der Waals surface area contributed by atoms with E-state index in [0.717, 1.165) is 28.6 Å². The summed E-state index contributed by atoms with van der Waals surface area (Å²) in [5, 5.41) is 12.2. The molecule has 0 spiro atoms. The van der Waals surface area contributed by atoms with Gasteiger partial charge in [0.2, 0.25) is 0 Å². The molecule has 1 aromatic rings. The number of halogens is 1. The highest BCUT2D eigenvalue weighted by molar-refractivity contribution is 9.10. The summed E-state index contributed by atoms with van der Waals surface area (Å²) in [6.45, 7) is 1.97. The van der Waals surface area contributed by atoms with Crippen LogP contribution in [-0.4, -0.2) is 17.1 Å². The lowest BCUT2D eigenvalue weighted by molar-refractivity contribution is -0.138. The summed E-state index contributed by atoms with van der Waals surface area (Å²) in [6, 6.07) is 5.37. The van der Waals surface area contributed by atoms with Gasteiger partial charge in [0.1, 0.15) is 6.04 Å². The van der Waals surface area contributed by atoms with Crippen molar-refractivity contribution in [1.29, 1.82) is 0 Å². The molecular weight excluding hydrogens is 270 g/mol. The second-order valence-electron chi connectivity index (χ2n) is 4.26.